The minimum Gasteiger partial charge on any atom is -0.452 e. The Morgan fingerprint density at radius 1 is 1.00 bits per heavy atom. The smallest absolute Gasteiger partial charge is 0.338 e. The molecule has 0 saturated heterocycles. The lowest BCUT2D eigenvalue weighted by molar-refractivity contribution is -0.119. The third kappa shape index (κ3) is 4.34. The summed E-state index contributed by atoms with van der Waals surface area (Å²) >= 11 is 2.18. The molecule has 0 aliphatic heterocycles. The van der Waals surface area contributed by atoms with Crippen LogP contribution in [0.1, 0.15) is 10.4 Å². The van der Waals surface area contributed by atoms with E-state index in [9.17, 15) is 9.59 Å². The third-order valence-corrected chi connectivity index (χ3v) is 3.19. The monoisotopic (exact) mass is 381 g/mol. The Morgan fingerprint density at radius 3 is 2.30 bits per heavy atom. The maximum Gasteiger partial charge on any atom is 0.338 e. The number of halogens is 1. The Balaban J connectivity index is 1.83. The summed E-state index contributed by atoms with van der Waals surface area (Å²) in [7, 11) is 0. The van der Waals surface area contributed by atoms with Crippen molar-refractivity contribution in [2.75, 3.05) is 11.9 Å². The van der Waals surface area contributed by atoms with Crippen LogP contribution < -0.4 is 5.32 Å². The molecular weight excluding hydrogens is 369 g/mol. The molecule has 5 heteroatoms. The molecule has 0 fully saturated rings. The number of ether oxygens (including phenoxy) is 1. The van der Waals surface area contributed by atoms with Gasteiger partial charge in [0.2, 0.25) is 0 Å². The van der Waals surface area contributed by atoms with Gasteiger partial charge >= 0.3 is 5.97 Å². The van der Waals surface area contributed by atoms with Crippen LogP contribution in [0.4, 0.5) is 5.69 Å². The summed E-state index contributed by atoms with van der Waals surface area (Å²) in [5, 5.41) is 2.66. The van der Waals surface area contributed by atoms with Gasteiger partial charge in [-0.3, -0.25) is 4.79 Å². The predicted molar refractivity (Wildman–Crippen MR) is 84.5 cm³/mol. The van der Waals surface area contributed by atoms with Crippen molar-refractivity contribution in [1.82, 2.24) is 0 Å². The second kappa shape index (κ2) is 7.04. The van der Waals surface area contributed by atoms with Gasteiger partial charge in [0.15, 0.2) is 6.61 Å². The van der Waals surface area contributed by atoms with E-state index in [1.165, 1.54) is 0 Å². The number of nitrogens with one attached hydrogen (secondary N) is 1. The zero-order chi connectivity index (χ0) is 14.4. The lowest BCUT2D eigenvalue weighted by Gasteiger charge is -2.06. The molecule has 0 radical (unpaired) electrons. The van der Waals surface area contributed by atoms with Crippen molar-refractivity contribution in [3.05, 3.63) is 63.7 Å². The lowest BCUT2D eigenvalue weighted by Crippen LogP contribution is -2.20. The molecule has 20 heavy (non-hydrogen) atoms. The highest BCUT2D eigenvalue weighted by Gasteiger charge is 2.09. The summed E-state index contributed by atoms with van der Waals surface area (Å²) in [5.74, 6) is -0.876. The zero-order valence-corrected chi connectivity index (χ0v) is 12.7. The van der Waals surface area contributed by atoms with E-state index < -0.39 is 5.97 Å². The summed E-state index contributed by atoms with van der Waals surface area (Å²) in [5.41, 5.74) is 1.10. The first kappa shape index (κ1) is 14.5. The van der Waals surface area contributed by atoms with E-state index in [1.54, 1.807) is 42.5 Å². The number of hydrogen-bond acceptors (Lipinski definition) is 3. The second-order valence-corrected chi connectivity index (χ2v) is 5.24. The van der Waals surface area contributed by atoms with E-state index in [-0.39, 0.29) is 12.5 Å². The van der Waals surface area contributed by atoms with Crippen LogP contribution in [0.2, 0.25) is 0 Å². The molecule has 0 unspecified atom stereocenters. The van der Waals surface area contributed by atoms with Gasteiger partial charge in [0.1, 0.15) is 0 Å². The normalized spacial score (nSPS) is 9.85. The van der Waals surface area contributed by atoms with E-state index in [0.29, 0.717) is 11.3 Å². The van der Waals surface area contributed by atoms with Crippen LogP contribution >= 0.6 is 22.6 Å². The number of rotatable bonds is 4. The van der Waals surface area contributed by atoms with Crippen LogP contribution in [0.25, 0.3) is 0 Å². The van der Waals surface area contributed by atoms with E-state index in [2.05, 4.69) is 27.9 Å². The maximum atomic E-state index is 11.6. The van der Waals surface area contributed by atoms with E-state index in [4.69, 9.17) is 4.74 Å². The van der Waals surface area contributed by atoms with Crippen LogP contribution in [0.3, 0.4) is 0 Å². The standard InChI is InChI=1S/C15H12INO3/c16-12-6-8-13(9-7-12)17-14(18)10-20-15(19)11-4-2-1-3-5-11/h1-9H,10H2,(H,17,18). The van der Waals surface area contributed by atoms with Crippen molar-refractivity contribution >= 4 is 40.2 Å². The molecule has 0 bridgehead atoms. The molecule has 0 aliphatic rings. The van der Waals surface area contributed by atoms with Gasteiger partial charge in [-0.05, 0) is 59.0 Å². The van der Waals surface area contributed by atoms with Crippen molar-refractivity contribution in [1.29, 1.82) is 0 Å². The molecule has 2 aromatic rings. The summed E-state index contributed by atoms with van der Waals surface area (Å²) in [6, 6.07) is 15.9. The highest BCUT2D eigenvalue weighted by atomic mass is 127. The largest absolute Gasteiger partial charge is 0.452 e. The Kier molecular flexibility index (Phi) is 5.11. The van der Waals surface area contributed by atoms with Gasteiger partial charge in [0, 0.05) is 9.26 Å². The fourth-order valence-electron chi connectivity index (χ4n) is 1.52. The Hall–Kier alpha value is -1.89. The Bertz CT molecular complexity index is 596. The summed E-state index contributed by atoms with van der Waals surface area (Å²) < 4.78 is 6.01. The number of benzene rings is 2. The SMILES string of the molecule is O=C(COC(=O)c1ccccc1)Nc1ccc(I)cc1. The molecule has 0 atom stereocenters. The Morgan fingerprint density at radius 2 is 1.65 bits per heavy atom. The topological polar surface area (TPSA) is 55.4 Å². The molecule has 4 nitrogen and oxygen atoms in total. The van der Waals surface area contributed by atoms with Crippen molar-refractivity contribution in [3.8, 4) is 0 Å². The van der Waals surface area contributed by atoms with Gasteiger partial charge < -0.3 is 10.1 Å². The van der Waals surface area contributed by atoms with Crippen LogP contribution in [-0.2, 0) is 9.53 Å². The summed E-state index contributed by atoms with van der Waals surface area (Å²) in [6.07, 6.45) is 0. The molecule has 0 aromatic heterocycles. The summed E-state index contributed by atoms with van der Waals surface area (Å²) in [4.78, 5) is 23.3. The number of anilines is 1. The Labute approximate surface area is 130 Å². The number of carbonyl (C=O) groups is 2. The van der Waals surface area contributed by atoms with Gasteiger partial charge in [0.25, 0.3) is 5.91 Å². The number of carbonyl (C=O) groups excluding carboxylic acids is 2. The van der Waals surface area contributed by atoms with Gasteiger partial charge in [0.05, 0.1) is 5.56 Å². The molecule has 0 aliphatic carbocycles. The molecule has 0 saturated carbocycles. The number of amides is 1. The third-order valence-electron chi connectivity index (χ3n) is 2.47. The van der Waals surface area contributed by atoms with E-state index in [1.807, 2.05) is 12.1 Å². The van der Waals surface area contributed by atoms with Gasteiger partial charge in [-0.2, -0.15) is 0 Å². The van der Waals surface area contributed by atoms with Crippen molar-refractivity contribution in [2.24, 2.45) is 0 Å². The average molecular weight is 381 g/mol. The zero-order valence-electron chi connectivity index (χ0n) is 10.5. The fraction of sp³-hybridized carbons (Fsp3) is 0.0667. The molecule has 1 N–H and O–H groups in total. The minimum absolute atomic E-state index is 0.306. The van der Waals surface area contributed by atoms with E-state index >= 15 is 0 Å². The quantitative estimate of drug-likeness (QED) is 0.654. The van der Waals surface area contributed by atoms with Crippen LogP contribution in [0.15, 0.2) is 54.6 Å². The average Bonchev–Trinajstić information content (AvgIpc) is 2.48. The number of esters is 1. The minimum atomic E-state index is -0.511. The fourth-order valence-corrected chi connectivity index (χ4v) is 1.88. The van der Waals surface area contributed by atoms with E-state index in [0.717, 1.165) is 3.57 Å². The number of hydrogen-bond donors (Lipinski definition) is 1. The predicted octanol–water partition coefficient (Wildman–Crippen LogP) is 3.09. The first-order valence-electron chi connectivity index (χ1n) is 5.93. The van der Waals surface area contributed by atoms with Crippen molar-refractivity contribution in [2.45, 2.75) is 0 Å². The van der Waals surface area contributed by atoms with Crippen LogP contribution in [0.5, 0.6) is 0 Å². The van der Waals surface area contributed by atoms with Crippen LogP contribution in [0, 0.1) is 3.57 Å². The molecule has 0 heterocycles. The molecule has 2 aromatic carbocycles. The second-order valence-electron chi connectivity index (χ2n) is 4.00. The highest BCUT2D eigenvalue weighted by molar-refractivity contribution is 14.1. The molecule has 102 valence electrons. The van der Waals surface area contributed by atoms with Crippen LogP contribution in [-0.4, -0.2) is 18.5 Å². The van der Waals surface area contributed by atoms with Crippen molar-refractivity contribution < 1.29 is 14.3 Å². The van der Waals surface area contributed by atoms with Gasteiger partial charge in [-0.15, -0.1) is 0 Å². The van der Waals surface area contributed by atoms with Gasteiger partial charge in [-0.1, -0.05) is 18.2 Å². The molecule has 2 rings (SSSR count). The summed E-state index contributed by atoms with van der Waals surface area (Å²) in [6.45, 7) is -0.306. The maximum absolute atomic E-state index is 11.6. The molecule has 1 amide bonds. The first-order valence-corrected chi connectivity index (χ1v) is 7.00. The van der Waals surface area contributed by atoms with Gasteiger partial charge in [-0.25, -0.2) is 4.79 Å². The highest BCUT2D eigenvalue weighted by Crippen LogP contribution is 2.11. The first-order chi connectivity index (χ1) is 9.65. The van der Waals surface area contributed by atoms with Crippen molar-refractivity contribution in [3.63, 3.8) is 0 Å². The molecule has 0 spiro atoms. The lowest BCUT2D eigenvalue weighted by atomic mass is 10.2. The molecular formula is C15H12INO3.